The van der Waals surface area contributed by atoms with E-state index in [1.54, 1.807) is 0 Å². The normalized spacial score (nSPS) is 14.7. The van der Waals surface area contributed by atoms with Crippen LogP contribution >= 0.6 is 0 Å². The Kier molecular flexibility index (Phi) is 9.86. The lowest BCUT2D eigenvalue weighted by atomic mass is 10.2. The highest BCUT2D eigenvalue weighted by Gasteiger charge is 2.31. The summed E-state index contributed by atoms with van der Waals surface area (Å²) in [6.07, 6.45) is 3.80. The van der Waals surface area contributed by atoms with Gasteiger partial charge >= 0.3 is 0 Å². The molecule has 3 heterocycles. The fourth-order valence-corrected chi connectivity index (χ4v) is 7.36. The van der Waals surface area contributed by atoms with Gasteiger partial charge in [0, 0.05) is 50.6 Å². The van der Waals surface area contributed by atoms with Crippen LogP contribution in [0.2, 0.25) is 0 Å². The number of pyridine rings is 1. The molecule has 1 aliphatic rings. The first-order chi connectivity index (χ1) is 20.8. The summed E-state index contributed by atoms with van der Waals surface area (Å²) in [5.74, 6) is 1.26. The van der Waals surface area contributed by atoms with Crippen molar-refractivity contribution in [2.24, 2.45) is 0 Å². The van der Waals surface area contributed by atoms with Gasteiger partial charge in [0.05, 0.1) is 29.2 Å². The van der Waals surface area contributed by atoms with Crippen LogP contribution in [-0.4, -0.2) is 83.0 Å². The number of morpholine rings is 1. The van der Waals surface area contributed by atoms with Gasteiger partial charge in [0.2, 0.25) is 10.0 Å². The van der Waals surface area contributed by atoms with Crippen molar-refractivity contribution in [2.45, 2.75) is 50.5 Å². The highest BCUT2D eigenvalue weighted by molar-refractivity contribution is 7.89. The summed E-state index contributed by atoms with van der Waals surface area (Å²) in [4.78, 5) is 22.5. The van der Waals surface area contributed by atoms with Gasteiger partial charge < -0.3 is 15.0 Å². The molecule has 230 valence electrons. The number of unbranched alkanes of at least 4 members (excludes halogenated alkanes) is 1. The Morgan fingerprint density at radius 3 is 2.44 bits per heavy atom. The van der Waals surface area contributed by atoms with Crippen LogP contribution < -0.4 is 5.73 Å². The number of para-hydroxylation sites is 2. The number of hydrogen-bond donors (Lipinski definition) is 1. The molecular formula is C30H39N7O5S. The number of nitrogens with zero attached hydrogens (tertiary/aromatic N) is 6. The van der Waals surface area contributed by atoms with Crippen LogP contribution in [0.3, 0.4) is 0 Å². The minimum Gasteiger partial charge on any atom is -0.382 e. The standard InChI is InChI=1S/C30H39N7O5S/c1-2-3-14-27-33-28-29(23-10-4-5-11-24(23)32-30(28)31)36(27)18-9-17-35(16-8-15-34-19-21-42-22-20-34)43(40,41)26-13-7-6-12-25(26)37(38)39/h4-7,10-13H,2-3,8-9,14-22H2,1H3,(H2,31,32). The average Bonchev–Trinajstić information content (AvgIpc) is 3.38. The minimum absolute atomic E-state index is 0.197. The van der Waals surface area contributed by atoms with E-state index in [0.717, 1.165) is 61.1 Å². The molecule has 1 saturated heterocycles. The van der Waals surface area contributed by atoms with Crippen molar-refractivity contribution in [1.82, 2.24) is 23.7 Å². The highest BCUT2D eigenvalue weighted by Crippen LogP contribution is 2.30. The topological polar surface area (TPSA) is 150 Å². The van der Waals surface area contributed by atoms with E-state index in [2.05, 4.69) is 21.4 Å². The van der Waals surface area contributed by atoms with Gasteiger partial charge in [0.1, 0.15) is 11.3 Å². The molecule has 0 atom stereocenters. The Hall–Kier alpha value is -3.65. The maximum absolute atomic E-state index is 13.9. The van der Waals surface area contributed by atoms with Gasteiger partial charge in [-0.25, -0.2) is 18.4 Å². The zero-order chi connectivity index (χ0) is 30.4. The molecule has 1 fully saturated rings. The molecule has 1 aliphatic heterocycles. The van der Waals surface area contributed by atoms with Crippen molar-refractivity contribution in [3.8, 4) is 0 Å². The lowest BCUT2D eigenvalue weighted by Gasteiger charge is -2.28. The molecule has 0 unspecified atom stereocenters. The number of sulfonamides is 1. The van der Waals surface area contributed by atoms with Gasteiger partial charge in [-0.15, -0.1) is 0 Å². The van der Waals surface area contributed by atoms with Crippen molar-refractivity contribution in [3.05, 3.63) is 64.5 Å². The third-order valence-electron chi connectivity index (χ3n) is 7.90. The van der Waals surface area contributed by atoms with Crippen LogP contribution in [0.25, 0.3) is 21.9 Å². The number of aryl methyl sites for hydroxylation is 2. The van der Waals surface area contributed by atoms with Crippen molar-refractivity contribution in [1.29, 1.82) is 0 Å². The smallest absolute Gasteiger partial charge is 0.289 e. The van der Waals surface area contributed by atoms with Gasteiger partial charge in [-0.05, 0) is 37.9 Å². The van der Waals surface area contributed by atoms with Crippen LogP contribution in [0, 0.1) is 10.1 Å². The third-order valence-corrected chi connectivity index (χ3v) is 9.84. The molecule has 0 aliphatic carbocycles. The second kappa shape index (κ2) is 13.8. The molecule has 5 rings (SSSR count). The van der Waals surface area contributed by atoms with E-state index in [-0.39, 0.29) is 18.0 Å². The molecule has 4 aromatic rings. The molecule has 12 nitrogen and oxygen atoms in total. The first-order valence-electron chi connectivity index (χ1n) is 14.9. The third kappa shape index (κ3) is 6.80. The zero-order valence-electron chi connectivity index (χ0n) is 24.5. The summed E-state index contributed by atoms with van der Waals surface area (Å²) >= 11 is 0. The monoisotopic (exact) mass is 609 g/mol. The van der Waals surface area contributed by atoms with E-state index in [1.807, 2.05) is 24.3 Å². The molecular weight excluding hydrogens is 570 g/mol. The Morgan fingerprint density at radius 1 is 1.00 bits per heavy atom. The Balaban J connectivity index is 1.43. The molecule has 0 radical (unpaired) electrons. The van der Waals surface area contributed by atoms with E-state index in [9.17, 15) is 18.5 Å². The van der Waals surface area contributed by atoms with E-state index >= 15 is 0 Å². The summed E-state index contributed by atoms with van der Waals surface area (Å²) in [6.45, 7) is 6.72. The first-order valence-corrected chi connectivity index (χ1v) is 16.3. The zero-order valence-corrected chi connectivity index (χ0v) is 25.3. The summed E-state index contributed by atoms with van der Waals surface area (Å²) in [5, 5.41) is 12.7. The second-order valence-corrected chi connectivity index (χ2v) is 12.7. The number of nitrogens with two attached hydrogens (primary N) is 1. The van der Waals surface area contributed by atoms with E-state index in [1.165, 1.54) is 28.6 Å². The van der Waals surface area contributed by atoms with Crippen LogP contribution in [0.15, 0.2) is 53.4 Å². The molecule has 13 heteroatoms. The maximum atomic E-state index is 13.9. The number of aromatic nitrogens is 3. The van der Waals surface area contributed by atoms with Crippen molar-refractivity contribution >= 4 is 43.5 Å². The lowest BCUT2D eigenvalue weighted by Crippen LogP contribution is -2.39. The summed E-state index contributed by atoms with van der Waals surface area (Å²) < 4.78 is 36.8. The number of benzene rings is 2. The van der Waals surface area contributed by atoms with E-state index in [4.69, 9.17) is 15.5 Å². The fraction of sp³-hybridized carbons (Fsp3) is 0.467. The lowest BCUT2D eigenvalue weighted by molar-refractivity contribution is -0.387. The first kappa shape index (κ1) is 30.8. The molecule has 2 aromatic carbocycles. The number of ether oxygens (including phenoxy) is 1. The second-order valence-electron chi connectivity index (χ2n) is 10.8. The molecule has 2 aromatic heterocycles. The fourth-order valence-electron chi connectivity index (χ4n) is 5.69. The summed E-state index contributed by atoms with van der Waals surface area (Å²) in [7, 11) is -4.14. The predicted molar refractivity (Wildman–Crippen MR) is 166 cm³/mol. The molecule has 0 spiro atoms. The highest BCUT2D eigenvalue weighted by atomic mass is 32.2. The van der Waals surface area contributed by atoms with Crippen LogP contribution in [-0.2, 0) is 27.7 Å². The predicted octanol–water partition coefficient (Wildman–Crippen LogP) is 4.22. The molecule has 0 saturated carbocycles. The van der Waals surface area contributed by atoms with Crippen LogP contribution in [0.1, 0.15) is 38.4 Å². The molecule has 0 bridgehead atoms. The van der Waals surface area contributed by atoms with Crippen molar-refractivity contribution < 1.29 is 18.1 Å². The van der Waals surface area contributed by atoms with Gasteiger partial charge in [-0.2, -0.15) is 4.31 Å². The Bertz CT molecular complexity index is 1690. The number of fused-ring (bicyclic) bond motifs is 3. The van der Waals surface area contributed by atoms with Crippen LogP contribution in [0.4, 0.5) is 11.5 Å². The number of nitrogen functional groups attached to an aromatic ring is 1. The van der Waals surface area contributed by atoms with Gasteiger partial charge in [0.15, 0.2) is 10.7 Å². The Labute approximate surface area is 251 Å². The molecule has 43 heavy (non-hydrogen) atoms. The summed E-state index contributed by atoms with van der Waals surface area (Å²) in [6, 6.07) is 13.4. The van der Waals surface area contributed by atoms with Gasteiger partial charge in [-0.3, -0.25) is 15.0 Å². The van der Waals surface area contributed by atoms with Gasteiger partial charge in [-0.1, -0.05) is 43.7 Å². The number of nitro benzene ring substituents is 1. The number of imidazole rings is 1. The van der Waals surface area contributed by atoms with Crippen molar-refractivity contribution in [2.75, 3.05) is 51.7 Å². The quantitative estimate of drug-likeness (QED) is 0.164. The summed E-state index contributed by atoms with van der Waals surface area (Å²) in [5.41, 5.74) is 8.25. The number of anilines is 1. The largest absolute Gasteiger partial charge is 0.382 e. The minimum atomic E-state index is -4.14. The SMILES string of the molecule is CCCCc1nc2c(N)nc3ccccc3c2n1CCCN(CCCN1CCOCC1)S(=O)(=O)c1ccccc1[N+](=O)[O-]. The van der Waals surface area contributed by atoms with E-state index in [0.29, 0.717) is 43.9 Å². The van der Waals surface area contributed by atoms with Gasteiger partial charge in [0.25, 0.3) is 5.69 Å². The number of hydrogen-bond acceptors (Lipinski definition) is 9. The Morgan fingerprint density at radius 2 is 1.70 bits per heavy atom. The number of rotatable bonds is 14. The van der Waals surface area contributed by atoms with Crippen molar-refractivity contribution in [3.63, 3.8) is 0 Å². The van der Waals surface area contributed by atoms with Crippen LogP contribution in [0.5, 0.6) is 0 Å². The molecule has 0 amide bonds. The number of nitro groups is 1. The molecule has 2 N–H and O–H groups in total. The average molecular weight is 610 g/mol. The van der Waals surface area contributed by atoms with E-state index < -0.39 is 20.6 Å². The maximum Gasteiger partial charge on any atom is 0.289 e.